The summed E-state index contributed by atoms with van der Waals surface area (Å²) >= 11 is 0. The molecule has 1 heterocycles. The molecule has 0 N–H and O–H groups in total. The van der Waals surface area contributed by atoms with E-state index in [4.69, 9.17) is 0 Å². The lowest BCUT2D eigenvalue weighted by molar-refractivity contribution is -0.132. The van der Waals surface area contributed by atoms with E-state index in [1.165, 1.54) is 5.56 Å². The van der Waals surface area contributed by atoms with Crippen LogP contribution in [0.5, 0.6) is 0 Å². The van der Waals surface area contributed by atoms with Crippen LogP contribution in [-0.2, 0) is 4.79 Å². The zero-order valence-electron chi connectivity index (χ0n) is 8.87. The summed E-state index contributed by atoms with van der Waals surface area (Å²) < 4.78 is 0. The van der Waals surface area contributed by atoms with E-state index in [-0.39, 0.29) is 11.3 Å². The number of hydrogen-bond acceptors (Lipinski definition) is 1. The summed E-state index contributed by atoms with van der Waals surface area (Å²) in [7, 11) is 0. The van der Waals surface area contributed by atoms with E-state index in [1.807, 2.05) is 49.9 Å². The molecule has 2 rings (SSSR count). The highest BCUT2D eigenvalue weighted by molar-refractivity contribution is 6.03. The molecule has 1 fully saturated rings. The van der Waals surface area contributed by atoms with Crippen LogP contribution >= 0.6 is 0 Å². The minimum atomic E-state index is -0.162. The highest BCUT2D eigenvalue weighted by Crippen LogP contribution is 2.34. The third kappa shape index (κ3) is 1.31. The van der Waals surface area contributed by atoms with Gasteiger partial charge < -0.3 is 4.90 Å². The van der Waals surface area contributed by atoms with E-state index in [0.717, 1.165) is 12.2 Å². The Hall–Kier alpha value is -1.31. The Kier molecular flexibility index (Phi) is 1.88. The van der Waals surface area contributed by atoms with Gasteiger partial charge in [0.05, 0.1) is 5.41 Å². The van der Waals surface area contributed by atoms with Crippen LogP contribution in [0.3, 0.4) is 0 Å². The summed E-state index contributed by atoms with van der Waals surface area (Å²) in [5.74, 6) is 0.223. The molecule has 74 valence electrons. The lowest BCUT2D eigenvalue weighted by Gasteiger charge is -2.44. The van der Waals surface area contributed by atoms with Crippen LogP contribution in [-0.4, -0.2) is 12.5 Å². The average Bonchev–Trinajstić information content (AvgIpc) is 2.16. The van der Waals surface area contributed by atoms with E-state index in [1.54, 1.807) is 0 Å². The first-order chi connectivity index (χ1) is 6.50. The summed E-state index contributed by atoms with van der Waals surface area (Å²) in [6.07, 6.45) is 0. The minimum absolute atomic E-state index is 0.162. The number of hydrogen-bond donors (Lipinski definition) is 0. The lowest BCUT2D eigenvalue weighted by Crippen LogP contribution is -2.58. The smallest absolute Gasteiger partial charge is 0.234 e. The van der Waals surface area contributed by atoms with Crippen LogP contribution in [0.15, 0.2) is 24.3 Å². The van der Waals surface area contributed by atoms with Crippen molar-refractivity contribution in [1.29, 1.82) is 0 Å². The Labute approximate surface area is 84.5 Å². The van der Waals surface area contributed by atoms with E-state index >= 15 is 0 Å². The summed E-state index contributed by atoms with van der Waals surface area (Å²) in [4.78, 5) is 13.5. The molecule has 0 spiro atoms. The molecular weight excluding hydrogens is 174 g/mol. The largest absolute Gasteiger partial charge is 0.311 e. The van der Waals surface area contributed by atoms with Crippen LogP contribution in [0.2, 0.25) is 0 Å². The first-order valence-corrected chi connectivity index (χ1v) is 4.89. The Bertz CT molecular complexity index is 364. The van der Waals surface area contributed by atoms with Gasteiger partial charge in [0.2, 0.25) is 5.91 Å². The highest BCUT2D eigenvalue weighted by Gasteiger charge is 2.44. The molecule has 1 aromatic carbocycles. The molecule has 0 aromatic heterocycles. The maximum Gasteiger partial charge on any atom is 0.234 e. The SMILES string of the molecule is Cc1ccc(N2CC(C)(C)C2=O)cc1. The first-order valence-electron chi connectivity index (χ1n) is 4.89. The predicted molar refractivity (Wildman–Crippen MR) is 57.3 cm³/mol. The third-order valence-electron chi connectivity index (χ3n) is 2.72. The molecule has 1 aliphatic heterocycles. The van der Waals surface area contributed by atoms with E-state index < -0.39 is 0 Å². The monoisotopic (exact) mass is 189 g/mol. The van der Waals surface area contributed by atoms with Crippen molar-refractivity contribution in [3.05, 3.63) is 29.8 Å². The Balaban J connectivity index is 2.20. The standard InChI is InChI=1S/C12H15NO/c1-9-4-6-10(7-5-9)13-8-12(2,3)11(13)14/h4-7H,8H2,1-3H3. The zero-order valence-corrected chi connectivity index (χ0v) is 8.87. The third-order valence-corrected chi connectivity index (χ3v) is 2.72. The van der Waals surface area contributed by atoms with Gasteiger partial charge in [-0.15, -0.1) is 0 Å². The molecule has 0 radical (unpaired) electrons. The molecule has 2 heteroatoms. The minimum Gasteiger partial charge on any atom is -0.311 e. The number of amides is 1. The van der Waals surface area contributed by atoms with Gasteiger partial charge >= 0.3 is 0 Å². The number of rotatable bonds is 1. The maximum atomic E-state index is 11.7. The molecule has 0 saturated carbocycles. The van der Waals surface area contributed by atoms with Gasteiger partial charge in [0.25, 0.3) is 0 Å². The van der Waals surface area contributed by atoms with Crippen molar-refractivity contribution >= 4 is 11.6 Å². The average molecular weight is 189 g/mol. The number of β-lactam (4-membered cyclic amide) rings is 1. The molecule has 0 bridgehead atoms. The molecule has 0 aliphatic carbocycles. The molecular formula is C12H15NO. The Morgan fingerprint density at radius 1 is 1.21 bits per heavy atom. The van der Waals surface area contributed by atoms with Crippen molar-refractivity contribution in [3.63, 3.8) is 0 Å². The van der Waals surface area contributed by atoms with Crippen molar-refractivity contribution in [2.75, 3.05) is 11.4 Å². The summed E-state index contributed by atoms with van der Waals surface area (Å²) in [6, 6.07) is 8.08. The van der Waals surface area contributed by atoms with Crippen LogP contribution in [0.4, 0.5) is 5.69 Å². The number of carbonyl (C=O) groups excluding carboxylic acids is 1. The second-order valence-corrected chi connectivity index (χ2v) is 4.61. The fourth-order valence-electron chi connectivity index (χ4n) is 1.74. The Morgan fingerprint density at radius 2 is 1.79 bits per heavy atom. The summed E-state index contributed by atoms with van der Waals surface area (Å²) in [5.41, 5.74) is 2.08. The molecule has 1 aliphatic rings. The van der Waals surface area contributed by atoms with Crippen molar-refractivity contribution in [2.24, 2.45) is 5.41 Å². The first kappa shape index (κ1) is 9.25. The highest BCUT2D eigenvalue weighted by atomic mass is 16.2. The zero-order chi connectivity index (χ0) is 10.3. The van der Waals surface area contributed by atoms with Crippen molar-refractivity contribution in [3.8, 4) is 0 Å². The summed E-state index contributed by atoms with van der Waals surface area (Å²) in [6.45, 7) is 6.85. The molecule has 2 nitrogen and oxygen atoms in total. The molecule has 0 atom stereocenters. The van der Waals surface area contributed by atoms with Gasteiger partial charge in [0.15, 0.2) is 0 Å². The number of anilines is 1. The number of carbonyl (C=O) groups is 1. The van der Waals surface area contributed by atoms with Crippen LogP contribution in [0.1, 0.15) is 19.4 Å². The topological polar surface area (TPSA) is 20.3 Å². The van der Waals surface area contributed by atoms with Gasteiger partial charge in [0, 0.05) is 12.2 Å². The second-order valence-electron chi connectivity index (χ2n) is 4.61. The van der Waals surface area contributed by atoms with Crippen LogP contribution in [0.25, 0.3) is 0 Å². The van der Waals surface area contributed by atoms with Crippen LogP contribution < -0.4 is 4.90 Å². The maximum absolute atomic E-state index is 11.7. The molecule has 14 heavy (non-hydrogen) atoms. The quantitative estimate of drug-likeness (QED) is 0.621. The molecule has 0 unspecified atom stereocenters. The van der Waals surface area contributed by atoms with Gasteiger partial charge in [-0.3, -0.25) is 4.79 Å². The molecule has 1 saturated heterocycles. The number of benzene rings is 1. The van der Waals surface area contributed by atoms with Gasteiger partial charge in [-0.25, -0.2) is 0 Å². The van der Waals surface area contributed by atoms with Crippen molar-refractivity contribution < 1.29 is 4.79 Å². The van der Waals surface area contributed by atoms with Crippen LogP contribution in [0, 0.1) is 12.3 Å². The molecule has 1 aromatic rings. The number of nitrogens with zero attached hydrogens (tertiary/aromatic N) is 1. The van der Waals surface area contributed by atoms with E-state index in [0.29, 0.717) is 0 Å². The Morgan fingerprint density at radius 3 is 2.21 bits per heavy atom. The number of aryl methyl sites for hydroxylation is 1. The van der Waals surface area contributed by atoms with Gasteiger partial charge in [-0.2, -0.15) is 0 Å². The van der Waals surface area contributed by atoms with Gasteiger partial charge in [-0.1, -0.05) is 17.7 Å². The lowest BCUT2D eigenvalue weighted by atomic mass is 9.83. The van der Waals surface area contributed by atoms with Crippen molar-refractivity contribution in [1.82, 2.24) is 0 Å². The van der Waals surface area contributed by atoms with E-state index in [9.17, 15) is 4.79 Å². The normalized spacial score (nSPS) is 19.4. The second kappa shape index (κ2) is 2.84. The van der Waals surface area contributed by atoms with Gasteiger partial charge in [0.1, 0.15) is 0 Å². The summed E-state index contributed by atoms with van der Waals surface area (Å²) in [5, 5.41) is 0. The fraction of sp³-hybridized carbons (Fsp3) is 0.417. The predicted octanol–water partition coefficient (Wildman–Crippen LogP) is 2.37. The van der Waals surface area contributed by atoms with Crippen molar-refractivity contribution in [2.45, 2.75) is 20.8 Å². The molecule has 1 amide bonds. The fourth-order valence-corrected chi connectivity index (χ4v) is 1.74. The van der Waals surface area contributed by atoms with E-state index in [2.05, 4.69) is 0 Å². The van der Waals surface area contributed by atoms with Gasteiger partial charge in [-0.05, 0) is 32.9 Å².